The Kier molecular flexibility index (Phi) is 5.68. The molecule has 3 aromatic rings. The van der Waals surface area contributed by atoms with Crippen molar-refractivity contribution in [3.05, 3.63) is 59.1 Å². The standard InChI is InChI=1S/C22H24N2O2S/c25-21(23-15-22-24-19-10-3-4-11-20(19)27-22)13-12-16-6-5-9-18(14-16)26-17-7-1-2-8-17/h3-6,9-11,14,17H,1-2,7-8,12-13,15H2,(H,23,25). The zero-order valence-electron chi connectivity index (χ0n) is 15.3. The summed E-state index contributed by atoms with van der Waals surface area (Å²) < 4.78 is 7.20. The summed E-state index contributed by atoms with van der Waals surface area (Å²) in [5.41, 5.74) is 2.13. The smallest absolute Gasteiger partial charge is 0.220 e. The van der Waals surface area contributed by atoms with Gasteiger partial charge < -0.3 is 10.1 Å². The zero-order valence-corrected chi connectivity index (χ0v) is 16.1. The van der Waals surface area contributed by atoms with Crippen LogP contribution in [0.2, 0.25) is 0 Å². The van der Waals surface area contributed by atoms with Crippen molar-refractivity contribution in [3.8, 4) is 5.75 Å². The van der Waals surface area contributed by atoms with Crippen molar-refractivity contribution in [2.24, 2.45) is 0 Å². The van der Waals surface area contributed by atoms with Crippen molar-refractivity contribution in [2.75, 3.05) is 0 Å². The lowest BCUT2D eigenvalue weighted by Crippen LogP contribution is -2.22. The monoisotopic (exact) mass is 380 g/mol. The second-order valence-corrected chi connectivity index (χ2v) is 8.14. The van der Waals surface area contributed by atoms with Gasteiger partial charge in [-0.1, -0.05) is 24.3 Å². The number of carbonyl (C=O) groups is 1. The van der Waals surface area contributed by atoms with E-state index in [4.69, 9.17) is 4.74 Å². The number of para-hydroxylation sites is 1. The minimum Gasteiger partial charge on any atom is -0.490 e. The molecular weight excluding hydrogens is 356 g/mol. The average molecular weight is 381 g/mol. The Morgan fingerprint density at radius 2 is 2.00 bits per heavy atom. The van der Waals surface area contributed by atoms with Gasteiger partial charge in [0.05, 0.1) is 22.9 Å². The first-order chi connectivity index (χ1) is 13.3. The summed E-state index contributed by atoms with van der Waals surface area (Å²) in [5.74, 6) is 0.977. The molecule has 4 nitrogen and oxygen atoms in total. The third-order valence-corrected chi connectivity index (χ3v) is 5.96. The maximum absolute atomic E-state index is 12.2. The van der Waals surface area contributed by atoms with Crippen molar-refractivity contribution < 1.29 is 9.53 Å². The number of fused-ring (bicyclic) bond motifs is 1. The van der Waals surface area contributed by atoms with E-state index >= 15 is 0 Å². The molecule has 1 aliphatic rings. The normalized spacial score (nSPS) is 14.5. The van der Waals surface area contributed by atoms with Crippen LogP contribution in [-0.4, -0.2) is 17.0 Å². The number of carbonyl (C=O) groups excluding carboxylic acids is 1. The van der Waals surface area contributed by atoms with Gasteiger partial charge in [-0.2, -0.15) is 0 Å². The fourth-order valence-electron chi connectivity index (χ4n) is 3.49. The first kappa shape index (κ1) is 18.0. The molecule has 0 radical (unpaired) electrons. The van der Waals surface area contributed by atoms with Crippen molar-refractivity contribution in [1.82, 2.24) is 10.3 Å². The zero-order chi connectivity index (χ0) is 18.5. The number of amides is 1. The molecule has 1 heterocycles. The molecule has 0 atom stereocenters. The number of thiazole rings is 1. The highest BCUT2D eigenvalue weighted by Gasteiger charge is 2.16. The molecule has 140 valence electrons. The van der Waals surface area contributed by atoms with Gasteiger partial charge in [0, 0.05) is 6.42 Å². The van der Waals surface area contributed by atoms with Gasteiger partial charge in [0.2, 0.25) is 5.91 Å². The van der Waals surface area contributed by atoms with E-state index in [2.05, 4.69) is 28.5 Å². The highest BCUT2D eigenvalue weighted by Crippen LogP contribution is 2.25. The first-order valence-corrected chi connectivity index (χ1v) is 10.4. The number of aryl methyl sites for hydroxylation is 1. The van der Waals surface area contributed by atoms with Crippen LogP contribution >= 0.6 is 11.3 Å². The second-order valence-electron chi connectivity index (χ2n) is 7.02. The van der Waals surface area contributed by atoms with E-state index in [9.17, 15) is 4.79 Å². The van der Waals surface area contributed by atoms with Crippen LogP contribution < -0.4 is 10.1 Å². The van der Waals surface area contributed by atoms with Crippen molar-refractivity contribution in [3.63, 3.8) is 0 Å². The van der Waals surface area contributed by atoms with Gasteiger partial charge in [0.15, 0.2) is 0 Å². The third-order valence-electron chi connectivity index (χ3n) is 4.92. The van der Waals surface area contributed by atoms with Gasteiger partial charge in [-0.05, 0) is 61.9 Å². The van der Waals surface area contributed by atoms with Crippen LogP contribution in [0.15, 0.2) is 48.5 Å². The van der Waals surface area contributed by atoms with E-state index in [1.807, 2.05) is 30.3 Å². The first-order valence-electron chi connectivity index (χ1n) is 9.63. The number of hydrogen-bond acceptors (Lipinski definition) is 4. The molecule has 1 fully saturated rings. The molecular formula is C22H24N2O2S. The summed E-state index contributed by atoms with van der Waals surface area (Å²) >= 11 is 1.63. The van der Waals surface area contributed by atoms with Crippen LogP contribution in [0, 0.1) is 0 Å². The molecule has 0 bridgehead atoms. The lowest BCUT2D eigenvalue weighted by molar-refractivity contribution is -0.121. The summed E-state index contributed by atoms with van der Waals surface area (Å²) in [4.78, 5) is 16.8. The lowest BCUT2D eigenvalue weighted by atomic mass is 10.1. The molecule has 1 aliphatic carbocycles. The number of ether oxygens (including phenoxy) is 1. The maximum Gasteiger partial charge on any atom is 0.220 e. The minimum atomic E-state index is 0.0522. The van der Waals surface area contributed by atoms with Gasteiger partial charge >= 0.3 is 0 Å². The van der Waals surface area contributed by atoms with Gasteiger partial charge in [-0.25, -0.2) is 4.98 Å². The summed E-state index contributed by atoms with van der Waals surface area (Å²) in [7, 11) is 0. The Labute approximate surface area is 163 Å². The van der Waals surface area contributed by atoms with Crippen LogP contribution in [0.5, 0.6) is 5.75 Å². The summed E-state index contributed by atoms with van der Waals surface area (Å²) in [6, 6.07) is 16.2. The Morgan fingerprint density at radius 1 is 1.15 bits per heavy atom. The second kappa shape index (κ2) is 8.53. The molecule has 1 aromatic heterocycles. The third kappa shape index (κ3) is 4.86. The molecule has 5 heteroatoms. The molecule has 4 rings (SSSR count). The van der Waals surface area contributed by atoms with E-state index in [-0.39, 0.29) is 5.91 Å². The van der Waals surface area contributed by atoms with Crippen LogP contribution in [0.4, 0.5) is 0 Å². The Bertz CT molecular complexity index is 882. The number of nitrogens with zero attached hydrogens (tertiary/aromatic N) is 1. The molecule has 2 aromatic carbocycles. The molecule has 1 amide bonds. The highest BCUT2D eigenvalue weighted by molar-refractivity contribution is 7.18. The number of aromatic nitrogens is 1. The predicted molar refractivity (Wildman–Crippen MR) is 109 cm³/mol. The molecule has 0 aliphatic heterocycles. The highest BCUT2D eigenvalue weighted by atomic mass is 32.1. The number of nitrogens with one attached hydrogen (secondary N) is 1. The van der Waals surface area contributed by atoms with E-state index in [1.54, 1.807) is 11.3 Å². The largest absolute Gasteiger partial charge is 0.490 e. The maximum atomic E-state index is 12.2. The van der Waals surface area contributed by atoms with Crippen molar-refractivity contribution in [2.45, 2.75) is 51.2 Å². The number of rotatable bonds is 7. The van der Waals surface area contributed by atoms with Crippen LogP contribution in [0.25, 0.3) is 10.2 Å². The summed E-state index contributed by atoms with van der Waals surface area (Å²) in [6.07, 6.45) is 6.37. The molecule has 0 spiro atoms. The Hall–Kier alpha value is -2.40. The van der Waals surface area contributed by atoms with E-state index in [0.29, 0.717) is 25.5 Å². The predicted octanol–water partition coefficient (Wildman–Crippen LogP) is 4.87. The lowest BCUT2D eigenvalue weighted by Gasteiger charge is -2.13. The number of benzene rings is 2. The SMILES string of the molecule is O=C(CCc1cccc(OC2CCCC2)c1)NCc1nc2ccccc2s1. The molecule has 0 unspecified atom stereocenters. The fourth-order valence-corrected chi connectivity index (χ4v) is 4.40. The Balaban J connectivity index is 1.26. The average Bonchev–Trinajstić information content (AvgIpc) is 3.34. The molecule has 1 saturated carbocycles. The topological polar surface area (TPSA) is 51.2 Å². The van der Waals surface area contributed by atoms with Crippen LogP contribution in [0.3, 0.4) is 0 Å². The van der Waals surface area contributed by atoms with E-state index < -0.39 is 0 Å². The molecule has 0 saturated heterocycles. The van der Waals surface area contributed by atoms with Gasteiger partial charge in [-0.15, -0.1) is 11.3 Å². The minimum absolute atomic E-state index is 0.0522. The fraction of sp³-hybridized carbons (Fsp3) is 0.364. The van der Waals surface area contributed by atoms with Crippen LogP contribution in [0.1, 0.15) is 42.7 Å². The van der Waals surface area contributed by atoms with Crippen LogP contribution in [-0.2, 0) is 17.8 Å². The van der Waals surface area contributed by atoms with E-state index in [0.717, 1.165) is 39.4 Å². The van der Waals surface area contributed by atoms with Gasteiger partial charge in [-0.3, -0.25) is 4.79 Å². The Morgan fingerprint density at radius 3 is 2.85 bits per heavy atom. The number of hydrogen-bond donors (Lipinski definition) is 1. The van der Waals surface area contributed by atoms with Gasteiger partial charge in [0.25, 0.3) is 0 Å². The summed E-state index contributed by atoms with van der Waals surface area (Å²) in [6.45, 7) is 0.489. The quantitative estimate of drug-likeness (QED) is 0.636. The van der Waals surface area contributed by atoms with Crippen molar-refractivity contribution in [1.29, 1.82) is 0 Å². The van der Waals surface area contributed by atoms with E-state index in [1.165, 1.54) is 12.8 Å². The summed E-state index contributed by atoms with van der Waals surface area (Å²) in [5, 5.41) is 3.92. The molecule has 27 heavy (non-hydrogen) atoms. The molecule has 1 N–H and O–H groups in total. The van der Waals surface area contributed by atoms with Crippen molar-refractivity contribution >= 4 is 27.5 Å². The van der Waals surface area contributed by atoms with Gasteiger partial charge in [0.1, 0.15) is 10.8 Å².